The van der Waals surface area contributed by atoms with E-state index in [-0.39, 0.29) is 6.61 Å². The van der Waals surface area contributed by atoms with Gasteiger partial charge in [-0.15, -0.1) is 0 Å². The average molecular weight is 226 g/mol. The molecule has 0 heterocycles. The third kappa shape index (κ3) is 3.72. The Balaban J connectivity index is 4.32. The third-order valence-electron chi connectivity index (χ3n) is 1.46. The first-order valence-electron chi connectivity index (χ1n) is 4.05. The van der Waals surface area contributed by atoms with E-state index in [4.69, 9.17) is 4.74 Å². The molecule has 0 aromatic rings. The third-order valence-corrected chi connectivity index (χ3v) is 1.46. The van der Waals surface area contributed by atoms with Gasteiger partial charge in [0.05, 0.1) is 0 Å². The second-order valence-corrected chi connectivity index (χ2v) is 2.57. The van der Waals surface area contributed by atoms with Gasteiger partial charge in [0.2, 0.25) is 6.61 Å². The molecule has 1 atom stereocenters. The Kier molecular flexibility index (Phi) is 5.02. The first-order chi connectivity index (χ1) is 6.84. The summed E-state index contributed by atoms with van der Waals surface area (Å²) in [6.45, 7) is 1.93. The first kappa shape index (κ1) is 13.7. The Morgan fingerprint density at radius 3 is 2.13 bits per heavy atom. The largest absolute Gasteiger partial charge is 0.637 e. The van der Waals surface area contributed by atoms with Crippen molar-refractivity contribution in [3.05, 3.63) is 20.2 Å². The van der Waals surface area contributed by atoms with Crippen LogP contribution in [0.3, 0.4) is 0 Å². The highest BCUT2D eigenvalue weighted by Gasteiger charge is 2.58. The van der Waals surface area contributed by atoms with Crippen molar-refractivity contribution >= 4 is 0 Å². The number of rotatable bonds is 7. The lowest BCUT2D eigenvalue weighted by atomic mass is 10.5. The van der Waals surface area contributed by atoms with Gasteiger partial charge in [0.25, 0.3) is 0 Å². The molecule has 0 aliphatic carbocycles. The van der Waals surface area contributed by atoms with Crippen LogP contribution in [0.25, 0.3) is 0 Å². The zero-order chi connectivity index (χ0) is 12.1. The molecule has 0 saturated heterocycles. The lowest BCUT2D eigenvalue weighted by Gasteiger charge is -2.13. The van der Waals surface area contributed by atoms with Crippen molar-refractivity contribution < 1.29 is 23.7 Å². The highest BCUT2D eigenvalue weighted by atomic mass is 19.2. The molecule has 0 spiro atoms. The Morgan fingerprint density at radius 2 is 1.80 bits per heavy atom. The topological polar surface area (TPSA) is 105 Å². The number of halogens is 1. The van der Waals surface area contributed by atoms with Crippen molar-refractivity contribution in [2.75, 3.05) is 13.2 Å². The van der Waals surface area contributed by atoms with Crippen LogP contribution in [-0.4, -0.2) is 35.3 Å². The number of ether oxygens (including phenoxy) is 2. The molecule has 88 valence electrons. The van der Waals surface area contributed by atoms with E-state index < -0.39 is 28.7 Å². The van der Waals surface area contributed by atoms with Gasteiger partial charge in [0.1, 0.15) is 9.85 Å². The summed E-state index contributed by atoms with van der Waals surface area (Å²) >= 11 is 0. The molecule has 8 nitrogen and oxygen atoms in total. The molecule has 0 aliphatic rings. The number of nitro groups is 2. The standard InChI is InChI=1S/C6H11FN2O6/c1-3-14-5(2)15-4-6(7,8(10)11)9(12)13/h5H,3-4H2,1-2H3. The average Bonchev–Trinajstić information content (AvgIpc) is 2.14. The summed E-state index contributed by atoms with van der Waals surface area (Å²) in [5.74, 6) is -3.83. The van der Waals surface area contributed by atoms with Crippen molar-refractivity contribution in [3.63, 3.8) is 0 Å². The summed E-state index contributed by atoms with van der Waals surface area (Å²) in [4.78, 5) is 16.9. The molecule has 0 aromatic carbocycles. The van der Waals surface area contributed by atoms with Crippen LogP contribution < -0.4 is 0 Å². The number of alkyl halides is 1. The fraction of sp³-hybridized carbons (Fsp3) is 1.00. The van der Waals surface area contributed by atoms with Crippen LogP contribution in [0.15, 0.2) is 0 Å². The number of nitrogens with zero attached hydrogens (tertiary/aromatic N) is 2. The zero-order valence-corrected chi connectivity index (χ0v) is 8.21. The molecule has 15 heavy (non-hydrogen) atoms. The van der Waals surface area contributed by atoms with E-state index in [1.165, 1.54) is 6.92 Å². The summed E-state index contributed by atoms with van der Waals surface area (Å²) < 4.78 is 22.3. The van der Waals surface area contributed by atoms with Gasteiger partial charge in [0, 0.05) is 6.61 Å². The Morgan fingerprint density at radius 1 is 1.33 bits per heavy atom. The van der Waals surface area contributed by atoms with E-state index in [2.05, 4.69) is 4.74 Å². The lowest BCUT2D eigenvalue weighted by molar-refractivity contribution is -0.833. The van der Waals surface area contributed by atoms with Gasteiger partial charge in [-0.25, -0.2) is 0 Å². The molecule has 0 rings (SSSR count). The van der Waals surface area contributed by atoms with Gasteiger partial charge in [-0.2, -0.15) is 0 Å². The summed E-state index contributed by atoms with van der Waals surface area (Å²) in [7, 11) is 0. The first-order valence-corrected chi connectivity index (χ1v) is 4.05. The van der Waals surface area contributed by atoms with Gasteiger partial charge in [-0.1, -0.05) is 4.39 Å². The molecular weight excluding hydrogens is 215 g/mol. The van der Waals surface area contributed by atoms with Crippen LogP contribution in [0, 0.1) is 20.2 Å². The van der Waals surface area contributed by atoms with Crippen LogP contribution >= 0.6 is 0 Å². The van der Waals surface area contributed by atoms with Crippen molar-refractivity contribution in [1.82, 2.24) is 0 Å². The van der Waals surface area contributed by atoms with Crippen LogP contribution in [0.1, 0.15) is 13.8 Å². The van der Waals surface area contributed by atoms with E-state index >= 15 is 0 Å². The predicted octanol–water partition coefficient (Wildman–Crippen LogP) is 0.562. The normalized spacial score (nSPS) is 13.5. The maximum atomic E-state index is 13.1. The summed E-state index contributed by atoms with van der Waals surface area (Å²) in [6, 6.07) is 0. The van der Waals surface area contributed by atoms with Crippen molar-refractivity contribution in [1.29, 1.82) is 0 Å². The van der Waals surface area contributed by atoms with Gasteiger partial charge < -0.3 is 9.47 Å². The van der Waals surface area contributed by atoms with Crippen molar-refractivity contribution in [2.24, 2.45) is 0 Å². The van der Waals surface area contributed by atoms with E-state index in [0.29, 0.717) is 0 Å². The summed E-state index contributed by atoms with van der Waals surface area (Å²) in [5.41, 5.74) is 0. The molecular formula is C6H11FN2O6. The lowest BCUT2D eigenvalue weighted by Crippen LogP contribution is -2.46. The Bertz CT molecular complexity index is 234. The molecule has 0 radical (unpaired) electrons. The summed E-state index contributed by atoms with van der Waals surface area (Å²) in [5, 5.41) is 20.2. The van der Waals surface area contributed by atoms with Gasteiger partial charge in [-0.3, -0.25) is 20.2 Å². The second kappa shape index (κ2) is 5.51. The van der Waals surface area contributed by atoms with E-state index in [1.807, 2.05) is 0 Å². The second-order valence-electron chi connectivity index (χ2n) is 2.57. The smallest absolute Gasteiger partial charge is 0.353 e. The monoisotopic (exact) mass is 226 g/mol. The van der Waals surface area contributed by atoms with E-state index in [1.54, 1.807) is 6.92 Å². The molecule has 9 heteroatoms. The van der Waals surface area contributed by atoms with Crippen molar-refractivity contribution in [3.8, 4) is 0 Å². The maximum absolute atomic E-state index is 13.1. The van der Waals surface area contributed by atoms with Gasteiger partial charge in [-0.05, 0) is 13.8 Å². The minimum Gasteiger partial charge on any atom is -0.353 e. The van der Waals surface area contributed by atoms with Crippen LogP contribution in [0.4, 0.5) is 4.39 Å². The molecule has 0 amide bonds. The SMILES string of the molecule is CCOC(C)OCC(F)([N+](=O)[O-])[N+](=O)[O-]. The van der Waals surface area contributed by atoms with Crippen molar-refractivity contribution in [2.45, 2.75) is 26.1 Å². The van der Waals surface area contributed by atoms with Crippen LogP contribution in [-0.2, 0) is 9.47 Å². The van der Waals surface area contributed by atoms with Crippen LogP contribution in [0.2, 0.25) is 0 Å². The van der Waals surface area contributed by atoms with E-state index in [0.717, 1.165) is 0 Å². The molecule has 0 N–H and O–H groups in total. The molecule has 0 aliphatic heterocycles. The maximum Gasteiger partial charge on any atom is 0.637 e. The summed E-state index contributed by atoms with van der Waals surface area (Å²) in [6.07, 6.45) is -0.940. The highest BCUT2D eigenvalue weighted by molar-refractivity contribution is 4.50. The fourth-order valence-corrected chi connectivity index (χ4v) is 0.678. The quantitative estimate of drug-likeness (QED) is 0.272. The van der Waals surface area contributed by atoms with Gasteiger partial charge >= 0.3 is 5.92 Å². The number of hydrogen-bond acceptors (Lipinski definition) is 6. The number of hydrogen-bond donors (Lipinski definition) is 0. The molecule has 1 unspecified atom stereocenters. The Labute approximate surface area is 84.3 Å². The molecule has 0 fully saturated rings. The predicted molar refractivity (Wildman–Crippen MR) is 44.9 cm³/mol. The zero-order valence-electron chi connectivity index (χ0n) is 8.21. The minimum atomic E-state index is -3.83. The molecule has 0 saturated carbocycles. The molecule has 0 bridgehead atoms. The minimum absolute atomic E-state index is 0.247. The highest BCUT2D eigenvalue weighted by Crippen LogP contribution is 2.14. The van der Waals surface area contributed by atoms with Gasteiger partial charge in [0.15, 0.2) is 6.29 Å². The molecule has 0 aromatic heterocycles. The van der Waals surface area contributed by atoms with Crippen LogP contribution in [0.5, 0.6) is 0 Å². The fourth-order valence-electron chi connectivity index (χ4n) is 0.678. The Hall–Kier alpha value is -1.35. The van der Waals surface area contributed by atoms with E-state index in [9.17, 15) is 24.6 Å².